The second-order valence-corrected chi connectivity index (χ2v) is 7.91. The summed E-state index contributed by atoms with van der Waals surface area (Å²) in [5.41, 5.74) is -0.135. The topological polar surface area (TPSA) is 58.6 Å². The molecule has 1 aromatic rings. The summed E-state index contributed by atoms with van der Waals surface area (Å²) in [5.74, 6) is 0.484. The second-order valence-electron chi connectivity index (χ2n) is 7.91. The van der Waals surface area contributed by atoms with E-state index in [-0.39, 0.29) is 38.2 Å². The number of halogens is 3. The number of nitrogens with zero attached hydrogens (tertiary/aromatic N) is 1. The van der Waals surface area contributed by atoms with Gasteiger partial charge in [0.15, 0.2) is 0 Å². The van der Waals surface area contributed by atoms with E-state index in [1.807, 2.05) is 0 Å². The van der Waals surface area contributed by atoms with Crippen LogP contribution in [0.25, 0.3) is 0 Å². The molecule has 1 aromatic carbocycles. The van der Waals surface area contributed by atoms with E-state index in [2.05, 4.69) is 5.32 Å². The van der Waals surface area contributed by atoms with Crippen molar-refractivity contribution in [3.63, 3.8) is 0 Å². The van der Waals surface area contributed by atoms with E-state index < -0.39 is 17.7 Å². The van der Waals surface area contributed by atoms with Gasteiger partial charge in [-0.05, 0) is 62.1 Å². The van der Waals surface area contributed by atoms with Crippen LogP contribution in [0.5, 0.6) is 0 Å². The lowest BCUT2D eigenvalue weighted by molar-refractivity contribution is -0.145. The Morgan fingerprint density at radius 2 is 1.69 bits per heavy atom. The van der Waals surface area contributed by atoms with Gasteiger partial charge in [-0.25, -0.2) is 0 Å². The molecule has 2 saturated carbocycles. The molecule has 1 N–H and O–H groups in total. The highest BCUT2D eigenvalue weighted by atomic mass is 19.4. The van der Waals surface area contributed by atoms with Gasteiger partial charge in [0.05, 0.1) is 25.3 Å². The van der Waals surface area contributed by atoms with Gasteiger partial charge >= 0.3 is 12.1 Å². The van der Waals surface area contributed by atoms with Crippen LogP contribution in [0.3, 0.4) is 0 Å². The first-order valence-corrected chi connectivity index (χ1v) is 10.1. The van der Waals surface area contributed by atoms with Gasteiger partial charge in [0.2, 0.25) is 5.91 Å². The van der Waals surface area contributed by atoms with Crippen molar-refractivity contribution in [2.45, 2.75) is 51.4 Å². The fourth-order valence-electron chi connectivity index (χ4n) is 3.58. The maximum Gasteiger partial charge on any atom is 0.416 e. The monoisotopic (exact) mass is 412 g/mol. The number of esters is 1. The molecule has 1 amide bonds. The number of carbonyl (C=O) groups excluding carboxylic acids is 2. The zero-order chi connectivity index (χ0) is 21.0. The van der Waals surface area contributed by atoms with E-state index in [1.54, 1.807) is 11.8 Å². The molecule has 0 radical (unpaired) electrons. The van der Waals surface area contributed by atoms with Crippen LogP contribution in [0.1, 0.15) is 43.7 Å². The van der Waals surface area contributed by atoms with Crippen LogP contribution in [0, 0.1) is 11.8 Å². The lowest BCUT2D eigenvalue weighted by Crippen LogP contribution is -2.45. The van der Waals surface area contributed by atoms with Crippen LogP contribution in [0.4, 0.5) is 13.2 Å². The Morgan fingerprint density at radius 3 is 2.17 bits per heavy atom. The molecule has 0 saturated heterocycles. The lowest BCUT2D eigenvalue weighted by Gasteiger charge is -2.24. The van der Waals surface area contributed by atoms with Crippen molar-refractivity contribution in [1.29, 1.82) is 0 Å². The smallest absolute Gasteiger partial charge is 0.416 e. The van der Waals surface area contributed by atoms with Crippen molar-refractivity contribution < 1.29 is 27.5 Å². The van der Waals surface area contributed by atoms with Crippen molar-refractivity contribution in [2.75, 3.05) is 19.7 Å². The molecule has 29 heavy (non-hydrogen) atoms. The van der Waals surface area contributed by atoms with Gasteiger partial charge in [0.25, 0.3) is 0 Å². The molecule has 0 spiro atoms. The van der Waals surface area contributed by atoms with Gasteiger partial charge in [0, 0.05) is 12.6 Å². The lowest BCUT2D eigenvalue weighted by atomic mass is 10.1. The van der Waals surface area contributed by atoms with E-state index >= 15 is 0 Å². The molecular weight excluding hydrogens is 385 g/mol. The third kappa shape index (κ3) is 6.73. The number of amides is 1. The first-order valence-electron chi connectivity index (χ1n) is 10.1. The molecule has 5 nitrogen and oxygen atoms in total. The van der Waals surface area contributed by atoms with Crippen LogP contribution in [-0.2, 0) is 27.0 Å². The Balaban J connectivity index is 1.61. The van der Waals surface area contributed by atoms with Crippen molar-refractivity contribution in [2.24, 2.45) is 11.8 Å². The Labute approximate surface area is 168 Å². The fourth-order valence-corrected chi connectivity index (χ4v) is 3.58. The van der Waals surface area contributed by atoms with Gasteiger partial charge in [-0.15, -0.1) is 0 Å². The number of hydrogen-bond donors (Lipinski definition) is 1. The van der Waals surface area contributed by atoms with Crippen LogP contribution < -0.4 is 5.32 Å². The largest absolute Gasteiger partial charge is 0.465 e. The summed E-state index contributed by atoms with van der Waals surface area (Å²) in [7, 11) is 0. The molecule has 3 rings (SSSR count). The Bertz CT molecular complexity index is 701. The molecule has 160 valence electrons. The maximum absolute atomic E-state index is 12.7. The van der Waals surface area contributed by atoms with Gasteiger partial charge in [-0.1, -0.05) is 12.1 Å². The maximum atomic E-state index is 12.7. The highest BCUT2D eigenvalue weighted by Crippen LogP contribution is 2.44. The predicted octanol–water partition coefficient (Wildman–Crippen LogP) is 3.38. The van der Waals surface area contributed by atoms with Crippen LogP contribution in [0.2, 0.25) is 0 Å². The molecule has 2 fully saturated rings. The number of nitrogens with one attached hydrogen (secondary N) is 1. The van der Waals surface area contributed by atoms with Gasteiger partial charge in [-0.3, -0.25) is 14.5 Å². The summed E-state index contributed by atoms with van der Waals surface area (Å²) < 4.78 is 43.2. The van der Waals surface area contributed by atoms with Crippen LogP contribution in [0.15, 0.2) is 24.3 Å². The summed E-state index contributed by atoms with van der Waals surface area (Å²) >= 11 is 0. The van der Waals surface area contributed by atoms with E-state index in [0.29, 0.717) is 17.4 Å². The van der Waals surface area contributed by atoms with Crippen molar-refractivity contribution in [1.82, 2.24) is 10.2 Å². The third-order valence-corrected chi connectivity index (χ3v) is 5.30. The Kier molecular flexibility index (Phi) is 6.82. The quantitative estimate of drug-likeness (QED) is 0.599. The van der Waals surface area contributed by atoms with Gasteiger partial charge in [-0.2, -0.15) is 13.2 Å². The number of alkyl halides is 3. The average molecular weight is 412 g/mol. The molecule has 0 aromatic heterocycles. The van der Waals surface area contributed by atoms with E-state index in [0.717, 1.165) is 37.8 Å². The zero-order valence-corrected chi connectivity index (χ0v) is 16.5. The number of hydrogen-bond acceptors (Lipinski definition) is 4. The molecule has 0 bridgehead atoms. The highest BCUT2D eigenvalue weighted by Gasteiger charge is 2.42. The first kappa shape index (κ1) is 21.6. The van der Waals surface area contributed by atoms with Crippen molar-refractivity contribution in [3.05, 3.63) is 35.4 Å². The Morgan fingerprint density at radius 1 is 1.10 bits per heavy atom. The third-order valence-electron chi connectivity index (χ3n) is 5.30. The number of benzene rings is 1. The minimum Gasteiger partial charge on any atom is -0.465 e. The second kappa shape index (κ2) is 9.15. The highest BCUT2D eigenvalue weighted by molar-refractivity contribution is 5.79. The summed E-state index contributed by atoms with van der Waals surface area (Å²) in [6.07, 6.45) is 0.155. The molecule has 0 unspecified atom stereocenters. The van der Waals surface area contributed by atoms with E-state index in [9.17, 15) is 22.8 Å². The average Bonchev–Trinajstić information content (AvgIpc) is 3.54. The molecule has 0 aliphatic heterocycles. The number of rotatable bonds is 10. The predicted molar refractivity (Wildman–Crippen MR) is 101 cm³/mol. The zero-order valence-electron chi connectivity index (χ0n) is 16.5. The summed E-state index contributed by atoms with van der Waals surface area (Å²) in [5, 5.41) is 3.11. The van der Waals surface area contributed by atoms with Gasteiger partial charge < -0.3 is 10.1 Å². The summed E-state index contributed by atoms with van der Waals surface area (Å²) in [6, 6.07) is 4.96. The fraction of sp³-hybridized carbons (Fsp3) is 0.619. The number of ether oxygens (including phenoxy) is 1. The van der Waals surface area contributed by atoms with Crippen molar-refractivity contribution in [3.8, 4) is 0 Å². The summed E-state index contributed by atoms with van der Waals surface area (Å²) in [4.78, 5) is 26.1. The molecular formula is C21H27F3N2O3. The van der Waals surface area contributed by atoms with Crippen molar-refractivity contribution >= 4 is 11.9 Å². The van der Waals surface area contributed by atoms with Gasteiger partial charge in [0.1, 0.15) is 0 Å². The molecule has 8 heteroatoms. The molecule has 0 atom stereocenters. The molecule has 0 heterocycles. The minimum absolute atomic E-state index is 0.00419. The van der Waals surface area contributed by atoms with Crippen LogP contribution in [-0.4, -0.2) is 42.5 Å². The van der Waals surface area contributed by atoms with E-state index in [1.165, 1.54) is 12.1 Å². The number of carbonyl (C=O) groups is 2. The minimum atomic E-state index is -4.40. The molecule has 2 aliphatic rings. The SMILES string of the molecule is CCOC(=O)CN(CC(=O)NC(C1CC1)C1CC1)Cc1ccc(C(F)(F)F)cc1. The Hall–Kier alpha value is -2.09. The first-order chi connectivity index (χ1) is 13.8. The standard InChI is InChI=1S/C21H27F3N2O3/c1-2-29-19(28)13-26(11-14-3-9-17(10-4-14)21(22,23)24)12-18(27)25-20(15-5-6-15)16-7-8-16/h3-4,9-10,15-16,20H,2,5-8,11-13H2,1H3,(H,25,27). The van der Waals surface area contributed by atoms with Crippen LogP contribution >= 0.6 is 0 Å². The summed E-state index contributed by atoms with van der Waals surface area (Å²) in [6.45, 7) is 2.00. The normalized spacial score (nSPS) is 16.9. The van der Waals surface area contributed by atoms with E-state index in [4.69, 9.17) is 4.74 Å². The molecule has 2 aliphatic carbocycles.